The molecular weight excluding hydrogens is 295 g/mol. The molecule has 1 aromatic rings. The lowest BCUT2D eigenvalue weighted by Crippen LogP contribution is -2.42. The van der Waals surface area contributed by atoms with Gasteiger partial charge in [0.05, 0.1) is 5.56 Å². The van der Waals surface area contributed by atoms with E-state index < -0.39 is 17.9 Å². The molecule has 1 aromatic carbocycles. The third-order valence-corrected chi connectivity index (χ3v) is 2.87. The van der Waals surface area contributed by atoms with Crippen LogP contribution in [0.1, 0.15) is 17.3 Å². The van der Waals surface area contributed by atoms with E-state index in [0.717, 1.165) is 0 Å². The van der Waals surface area contributed by atoms with Crippen molar-refractivity contribution in [2.45, 2.75) is 13.0 Å². The van der Waals surface area contributed by atoms with Gasteiger partial charge in [-0.25, -0.2) is 0 Å². The first-order valence-corrected chi connectivity index (χ1v) is 5.64. The second-order valence-electron chi connectivity index (χ2n) is 3.22. The Bertz CT molecular complexity index is 437. The van der Waals surface area contributed by atoms with E-state index in [9.17, 15) is 9.59 Å². The number of halogens is 2. The number of carbonyl (C=O) groups excluding carboxylic acids is 2. The molecule has 0 fully saturated rings. The van der Waals surface area contributed by atoms with E-state index in [0.29, 0.717) is 15.1 Å². The highest BCUT2D eigenvalue weighted by atomic mass is 79.9. The van der Waals surface area contributed by atoms with Crippen LogP contribution in [-0.2, 0) is 4.79 Å². The van der Waals surface area contributed by atoms with E-state index in [1.807, 2.05) is 0 Å². The van der Waals surface area contributed by atoms with Gasteiger partial charge in [0.1, 0.15) is 6.04 Å². The molecule has 2 amide bonds. The monoisotopic (exact) mass is 304 g/mol. The van der Waals surface area contributed by atoms with Crippen LogP contribution >= 0.6 is 27.5 Å². The summed E-state index contributed by atoms with van der Waals surface area (Å²) in [6.07, 6.45) is 0. The van der Waals surface area contributed by atoms with E-state index in [-0.39, 0.29) is 0 Å². The second kappa shape index (κ2) is 5.32. The Balaban J connectivity index is 2.88. The van der Waals surface area contributed by atoms with Crippen LogP contribution in [0.15, 0.2) is 22.7 Å². The minimum Gasteiger partial charge on any atom is -0.368 e. The maximum absolute atomic E-state index is 11.7. The van der Waals surface area contributed by atoms with Crippen LogP contribution in [0.2, 0.25) is 5.02 Å². The molecule has 16 heavy (non-hydrogen) atoms. The summed E-state index contributed by atoms with van der Waals surface area (Å²) in [6.45, 7) is 1.51. The van der Waals surface area contributed by atoms with Gasteiger partial charge in [-0.3, -0.25) is 9.59 Å². The Hall–Kier alpha value is -1.07. The van der Waals surface area contributed by atoms with Crippen molar-refractivity contribution in [3.05, 3.63) is 33.3 Å². The van der Waals surface area contributed by atoms with Crippen molar-refractivity contribution in [1.82, 2.24) is 5.32 Å². The zero-order valence-corrected chi connectivity index (χ0v) is 10.8. The van der Waals surface area contributed by atoms with Crippen molar-refractivity contribution in [3.8, 4) is 0 Å². The Morgan fingerprint density at radius 2 is 2.12 bits per heavy atom. The number of carbonyl (C=O) groups is 2. The lowest BCUT2D eigenvalue weighted by molar-refractivity contribution is -0.119. The van der Waals surface area contributed by atoms with Crippen molar-refractivity contribution < 1.29 is 9.59 Å². The van der Waals surface area contributed by atoms with Gasteiger partial charge >= 0.3 is 0 Å². The standard InChI is InChI=1S/C10H10BrClN2O2/c1-5(9(13)15)14-10(16)7-4-6(12)2-3-8(7)11/h2-5H,1H3,(H2,13,15)(H,14,16)/t5-/m1/s1. The maximum atomic E-state index is 11.7. The van der Waals surface area contributed by atoms with E-state index in [4.69, 9.17) is 17.3 Å². The normalized spacial score (nSPS) is 11.9. The summed E-state index contributed by atoms with van der Waals surface area (Å²) in [4.78, 5) is 22.5. The zero-order chi connectivity index (χ0) is 12.3. The molecule has 0 heterocycles. The summed E-state index contributed by atoms with van der Waals surface area (Å²) in [6, 6.07) is 4.10. The number of nitrogens with one attached hydrogen (secondary N) is 1. The van der Waals surface area contributed by atoms with Crippen LogP contribution in [0.4, 0.5) is 0 Å². The van der Waals surface area contributed by atoms with Gasteiger partial charge in [-0.05, 0) is 41.1 Å². The predicted molar refractivity (Wildman–Crippen MR) is 65.3 cm³/mol. The third-order valence-electron chi connectivity index (χ3n) is 1.95. The molecule has 0 aliphatic heterocycles. The molecule has 0 aromatic heterocycles. The molecule has 0 aliphatic rings. The average molecular weight is 306 g/mol. The maximum Gasteiger partial charge on any atom is 0.253 e. The van der Waals surface area contributed by atoms with Crippen molar-refractivity contribution in [2.24, 2.45) is 5.73 Å². The van der Waals surface area contributed by atoms with Crippen LogP contribution in [0.5, 0.6) is 0 Å². The van der Waals surface area contributed by atoms with Gasteiger partial charge in [-0.15, -0.1) is 0 Å². The van der Waals surface area contributed by atoms with Crippen molar-refractivity contribution in [2.75, 3.05) is 0 Å². The van der Waals surface area contributed by atoms with Gasteiger partial charge in [-0.2, -0.15) is 0 Å². The molecule has 0 radical (unpaired) electrons. The predicted octanol–water partition coefficient (Wildman–Crippen LogP) is 1.71. The number of primary amides is 1. The molecule has 0 saturated carbocycles. The summed E-state index contributed by atoms with van der Waals surface area (Å²) < 4.78 is 0.603. The van der Waals surface area contributed by atoms with E-state index in [2.05, 4.69) is 21.2 Å². The van der Waals surface area contributed by atoms with Gasteiger partial charge in [0, 0.05) is 9.50 Å². The molecule has 0 saturated heterocycles. The van der Waals surface area contributed by atoms with Crippen LogP contribution in [0.25, 0.3) is 0 Å². The highest BCUT2D eigenvalue weighted by Crippen LogP contribution is 2.21. The summed E-state index contributed by atoms with van der Waals surface area (Å²) >= 11 is 8.99. The fourth-order valence-corrected chi connectivity index (χ4v) is 1.62. The van der Waals surface area contributed by atoms with E-state index >= 15 is 0 Å². The number of nitrogens with two attached hydrogens (primary N) is 1. The first-order chi connectivity index (χ1) is 7.41. The molecular formula is C10H10BrClN2O2. The van der Waals surface area contributed by atoms with Crippen LogP contribution < -0.4 is 11.1 Å². The number of hydrogen-bond acceptors (Lipinski definition) is 2. The SMILES string of the molecule is C[C@@H](NC(=O)c1cc(Cl)ccc1Br)C(N)=O. The molecule has 0 spiro atoms. The van der Waals surface area contributed by atoms with Gasteiger partial charge in [0.25, 0.3) is 5.91 Å². The molecule has 6 heteroatoms. The Kier molecular flexibility index (Phi) is 4.32. The molecule has 3 N–H and O–H groups in total. The molecule has 0 unspecified atom stereocenters. The van der Waals surface area contributed by atoms with Crippen molar-refractivity contribution in [3.63, 3.8) is 0 Å². The largest absolute Gasteiger partial charge is 0.368 e. The van der Waals surface area contributed by atoms with Crippen molar-refractivity contribution in [1.29, 1.82) is 0 Å². The first-order valence-electron chi connectivity index (χ1n) is 4.47. The fraction of sp³-hybridized carbons (Fsp3) is 0.200. The highest BCUT2D eigenvalue weighted by Gasteiger charge is 2.16. The van der Waals surface area contributed by atoms with Gasteiger partial charge < -0.3 is 11.1 Å². The minimum absolute atomic E-state index is 0.362. The summed E-state index contributed by atoms with van der Waals surface area (Å²) in [7, 11) is 0. The van der Waals surface area contributed by atoms with Gasteiger partial charge in [0.15, 0.2) is 0 Å². The second-order valence-corrected chi connectivity index (χ2v) is 4.51. The fourth-order valence-electron chi connectivity index (χ4n) is 1.02. The highest BCUT2D eigenvalue weighted by molar-refractivity contribution is 9.10. The number of amides is 2. The lowest BCUT2D eigenvalue weighted by Gasteiger charge is -2.11. The number of rotatable bonds is 3. The minimum atomic E-state index is -0.724. The van der Waals surface area contributed by atoms with E-state index in [1.165, 1.54) is 13.0 Å². The molecule has 4 nitrogen and oxygen atoms in total. The number of benzene rings is 1. The molecule has 86 valence electrons. The molecule has 0 bridgehead atoms. The zero-order valence-electron chi connectivity index (χ0n) is 8.46. The smallest absolute Gasteiger partial charge is 0.253 e. The van der Waals surface area contributed by atoms with Crippen LogP contribution in [0.3, 0.4) is 0 Å². The summed E-state index contributed by atoms with van der Waals surface area (Å²) in [5.74, 6) is -0.993. The van der Waals surface area contributed by atoms with E-state index in [1.54, 1.807) is 12.1 Å². The third kappa shape index (κ3) is 3.21. The van der Waals surface area contributed by atoms with Crippen LogP contribution in [0, 0.1) is 0 Å². The average Bonchev–Trinajstić information content (AvgIpc) is 2.21. The van der Waals surface area contributed by atoms with Gasteiger partial charge in [0.2, 0.25) is 5.91 Å². The lowest BCUT2D eigenvalue weighted by atomic mass is 10.2. The summed E-state index contributed by atoms with van der Waals surface area (Å²) in [5, 5.41) is 2.91. The van der Waals surface area contributed by atoms with Gasteiger partial charge in [-0.1, -0.05) is 11.6 Å². The van der Waals surface area contributed by atoms with Crippen LogP contribution in [-0.4, -0.2) is 17.9 Å². The quantitative estimate of drug-likeness (QED) is 0.892. The molecule has 1 rings (SSSR count). The van der Waals surface area contributed by atoms with Crippen molar-refractivity contribution >= 4 is 39.3 Å². The first kappa shape index (κ1) is 13.0. The number of hydrogen-bond donors (Lipinski definition) is 2. The topological polar surface area (TPSA) is 72.2 Å². The molecule has 1 atom stereocenters. The Morgan fingerprint density at radius 1 is 1.50 bits per heavy atom. The Morgan fingerprint density at radius 3 is 2.69 bits per heavy atom. The molecule has 0 aliphatic carbocycles. The Labute approximate surface area is 106 Å². The summed E-state index contributed by atoms with van der Waals surface area (Å²) in [5.41, 5.74) is 5.40.